The Hall–Kier alpha value is -3.16. The molecule has 0 unspecified atom stereocenters. The maximum absolute atomic E-state index is 13.7. The van der Waals surface area contributed by atoms with Gasteiger partial charge in [-0.1, -0.05) is 54.2 Å². The monoisotopic (exact) mass is 475 g/mol. The van der Waals surface area contributed by atoms with Crippen LogP contribution in [0.5, 0.6) is 0 Å². The predicted molar refractivity (Wildman–Crippen MR) is 135 cm³/mol. The van der Waals surface area contributed by atoms with E-state index in [9.17, 15) is 9.18 Å². The molecule has 0 amide bonds. The first kappa shape index (κ1) is 22.6. The molecule has 0 saturated carbocycles. The SMILES string of the molecule is O=c1c2cc(N3CCOCC3)ccc2nc(SCc2cccc(F)c2)n1CCc1ccccc1. The number of rotatable bonds is 7. The third-order valence-corrected chi connectivity index (χ3v) is 7.05. The minimum absolute atomic E-state index is 0.0437. The fourth-order valence-electron chi connectivity index (χ4n) is 4.17. The van der Waals surface area contributed by atoms with Gasteiger partial charge in [0.1, 0.15) is 5.82 Å². The molecule has 34 heavy (non-hydrogen) atoms. The van der Waals surface area contributed by atoms with Crippen molar-refractivity contribution in [1.82, 2.24) is 9.55 Å². The molecule has 174 valence electrons. The molecular weight excluding hydrogens is 449 g/mol. The van der Waals surface area contributed by atoms with Crippen molar-refractivity contribution < 1.29 is 9.13 Å². The molecule has 7 heteroatoms. The van der Waals surface area contributed by atoms with Crippen molar-refractivity contribution in [3.63, 3.8) is 0 Å². The van der Waals surface area contributed by atoms with Crippen LogP contribution in [0.4, 0.5) is 10.1 Å². The molecule has 1 aromatic heterocycles. The van der Waals surface area contributed by atoms with Gasteiger partial charge in [-0.15, -0.1) is 0 Å². The largest absolute Gasteiger partial charge is 0.378 e. The lowest BCUT2D eigenvalue weighted by atomic mass is 10.1. The van der Waals surface area contributed by atoms with Gasteiger partial charge in [-0.2, -0.15) is 0 Å². The van der Waals surface area contributed by atoms with E-state index in [4.69, 9.17) is 9.72 Å². The van der Waals surface area contributed by atoms with E-state index < -0.39 is 0 Å². The Balaban J connectivity index is 1.50. The number of fused-ring (bicyclic) bond motifs is 1. The fraction of sp³-hybridized carbons (Fsp3) is 0.259. The van der Waals surface area contributed by atoms with Crippen molar-refractivity contribution >= 4 is 28.4 Å². The molecule has 5 rings (SSSR count). The molecule has 0 aliphatic carbocycles. The third-order valence-electron chi connectivity index (χ3n) is 6.00. The normalized spacial score (nSPS) is 14.0. The molecule has 2 heterocycles. The molecule has 1 aliphatic heterocycles. The highest BCUT2D eigenvalue weighted by molar-refractivity contribution is 7.98. The molecule has 4 aromatic rings. The molecule has 3 aromatic carbocycles. The van der Waals surface area contributed by atoms with E-state index in [0.29, 0.717) is 41.6 Å². The summed E-state index contributed by atoms with van der Waals surface area (Å²) in [6.07, 6.45) is 0.727. The highest BCUT2D eigenvalue weighted by Gasteiger charge is 2.16. The van der Waals surface area contributed by atoms with E-state index in [0.717, 1.165) is 36.3 Å². The summed E-state index contributed by atoms with van der Waals surface area (Å²) >= 11 is 1.46. The Morgan fingerprint density at radius 1 is 0.941 bits per heavy atom. The Morgan fingerprint density at radius 3 is 2.53 bits per heavy atom. The number of ether oxygens (including phenoxy) is 1. The first-order valence-electron chi connectivity index (χ1n) is 11.5. The Morgan fingerprint density at radius 2 is 1.74 bits per heavy atom. The van der Waals surface area contributed by atoms with E-state index in [1.165, 1.54) is 23.9 Å². The molecule has 1 saturated heterocycles. The summed E-state index contributed by atoms with van der Waals surface area (Å²) in [5.74, 6) is 0.272. The van der Waals surface area contributed by atoms with Crippen LogP contribution in [-0.2, 0) is 23.5 Å². The van der Waals surface area contributed by atoms with Crippen LogP contribution < -0.4 is 10.5 Å². The van der Waals surface area contributed by atoms with E-state index in [1.807, 2.05) is 42.5 Å². The van der Waals surface area contributed by atoms with E-state index in [-0.39, 0.29) is 11.4 Å². The molecular formula is C27H26FN3O2S. The summed E-state index contributed by atoms with van der Waals surface area (Å²) in [6.45, 7) is 3.52. The van der Waals surface area contributed by atoms with Crippen LogP contribution in [0, 0.1) is 5.82 Å². The summed E-state index contributed by atoms with van der Waals surface area (Å²) in [6, 6.07) is 22.6. The first-order chi connectivity index (χ1) is 16.7. The molecule has 0 atom stereocenters. The zero-order valence-corrected chi connectivity index (χ0v) is 19.6. The van der Waals surface area contributed by atoms with E-state index in [1.54, 1.807) is 10.6 Å². The highest BCUT2D eigenvalue weighted by Crippen LogP contribution is 2.25. The topological polar surface area (TPSA) is 47.4 Å². The molecule has 0 bridgehead atoms. The molecule has 5 nitrogen and oxygen atoms in total. The number of nitrogens with zero attached hydrogens (tertiary/aromatic N) is 3. The van der Waals surface area contributed by atoms with Gasteiger partial charge in [-0.3, -0.25) is 9.36 Å². The van der Waals surface area contributed by atoms with Crippen molar-refractivity contribution in [2.24, 2.45) is 0 Å². The number of hydrogen-bond donors (Lipinski definition) is 0. The van der Waals surface area contributed by atoms with Gasteiger partial charge in [0.25, 0.3) is 5.56 Å². The van der Waals surface area contributed by atoms with Crippen LogP contribution in [0.1, 0.15) is 11.1 Å². The second-order valence-corrected chi connectivity index (χ2v) is 9.25. The standard InChI is InChI=1S/C27H26FN3O2S/c28-22-8-4-7-21(17-22)19-34-27-29-25-10-9-23(30-13-15-33-16-14-30)18-24(25)26(32)31(27)12-11-20-5-2-1-3-6-20/h1-10,17-18H,11-16,19H2. The predicted octanol–water partition coefficient (Wildman–Crippen LogP) is 4.91. The van der Waals surface area contributed by atoms with Crippen LogP contribution in [0.3, 0.4) is 0 Å². The molecule has 0 spiro atoms. The van der Waals surface area contributed by atoms with Crippen molar-refractivity contribution in [3.05, 3.63) is 100 Å². The average molecular weight is 476 g/mol. The maximum Gasteiger partial charge on any atom is 0.262 e. The number of aromatic nitrogens is 2. The maximum atomic E-state index is 13.7. The smallest absolute Gasteiger partial charge is 0.262 e. The van der Waals surface area contributed by atoms with Crippen LogP contribution >= 0.6 is 11.8 Å². The zero-order chi connectivity index (χ0) is 23.3. The number of aryl methyl sites for hydroxylation is 1. The Labute approximate surface area is 202 Å². The lowest BCUT2D eigenvalue weighted by Crippen LogP contribution is -2.36. The van der Waals surface area contributed by atoms with Crippen LogP contribution in [0.2, 0.25) is 0 Å². The lowest BCUT2D eigenvalue weighted by molar-refractivity contribution is 0.122. The van der Waals surface area contributed by atoms with Crippen molar-refractivity contribution in [1.29, 1.82) is 0 Å². The van der Waals surface area contributed by atoms with Crippen LogP contribution in [-0.4, -0.2) is 35.9 Å². The van der Waals surface area contributed by atoms with Gasteiger partial charge >= 0.3 is 0 Å². The van der Waals surface area contributed by atoms with E-state index >= 15 is 0 Å². The highest BCUT2D eigenvalue weighted by atomic mass is 32.2. The Bertz CT molecular complexity index is 1340. The van der Waals surface area contributed by atoms with Crippen LogP contribution in [0.25, 0.3) is 10.9 Å². The third kappa shape index (κ3) is 5.16. The zero-order valence-electron chi connectivity index (χ0n) is 18.8. The van der Waals surface area contributed by atoms with Gasteiger partial charge < -0.3 is 9.64 Å². The van der Waals surface area contributed by atoms with Gasteiger partial charge in [0.2, 0.25) is 0 Å². The summed E-state index contributed by atoms with van der Waals surface area (Å²) < 4.78 is 20.9. The second-order valence-electron chi connectivity index (χ2n) is 8.31. The van der Waals surface area contributed by atoms with Gasteiger partial charge in [-0.25, -0.2) is 9.37 Å². The van der Waals surface area contributed by atoms with Crippen molar-refractivity contribution in [2.75, 3.05) is 31.2 Å². The minimum atomic E-state index is -0.262. The number of benzene rings is 3. The number of morpholine rings is 1. The summed E-state index contributed by atoms with van der Waals surface area (Å²) in [5, 5.41) is 1.27. The van der Waals surface area contributed by atoms with Gasteiger partial charge in [0, 0.05) is 31.1 Å². The fourth-order valence-corrected chi connectivity index (χ4v) is 5.14. The van der Waals surface area contributed by atoms with Gasteiger partial charge in [0.05, 0.1) is 24.1 Å². The van der Waals surface area contributed by atoms with Crippen molar-refractivity contribution in [2.45, 2.75) is 23.9 Å². The summed E-state index contributed by atoms with van der Waals surface area (Å²) in [7, 11) is 0. The Kier molecular flexibility index (Phi) is 6.92. The minimum Gasteiger partial charge on any atom is -0.378 e. The molecule has 0 N–H and O–H groups in total. The van der Waals surface area contributed by atoms with Crippen molar-refractivity contribution in [3.8, 4) is 0 Å². The van der Waals surface area contributed by atoms with Crippen LogP contribution in [0.15, 0.2) is 82.7 Å². The van der Waals surface area contributed by atoms with E-state index in [2.05, 4.69) is 17.0 Å². The average Bonchev–Trinajstić information content (AvgIpc) is 2.88. The number of hydrogen-bond acceptors (Lipinski definition) is 5. The molecule has 1 aliphatic rings. The van der Waals surface area contributed by atoms with Gasteiger partial charge in [-0.05, 0) is 47.9 Å². The number of halogens is 1. The van der Waals surface area contributed by atoms with Gasteiger partial charge in [0.15, 0.2) is 5.16 Å². The lowest BCUT2D eigenvalue weighted by Gasteiger charge is -2.29. The molecule has 1 fully saturated rings. The second kappa shape index (κ2) is 10.4. The quantitative estimate of drug-likeness (QED) is 0.281. The summed E-state index contributed by atoms with van der Waals surface area (Å²) in [4.78, 5) is 20.8. The first-order valence-corrected chi connectivity index (χ1v) is 12.4. The number of thioether (sulfide) groups is 1. The number of anilines is 1. The summed E-state index contributed by atoms with van der Waals surface area (Å²) in [5.41, 5.74) is 3.68. The molecule has 0 radical (unpaired) electrons.